The molecule has 0 bridgehead atoms. The molecule has 1 aliphatic heterocycles. The monoisotopic (exact) mass is 446 g/mol. The minimum Gasteiger partial charge on any atom is -0.508 e. The van der Waals surface area contributed by atoms with Crippen molar-refractivity contribution < 1.29 is 24.2 Å². The third-order valence-corrected chi connectivity index (χ3v) is 5.34. The molecule has 1 aliphatic rings. The second-order valence-electron chi connectivity index (χ2n) is 7.47. The van der Waals surface area contributed by atoms with Crippen LogP contribution >= 0.6 is 11.6 Å². The van der Waals surface area contributed by atoms with Gasteiger partial charge in [0.05, 0.1) is 0 Å². The molecule has 166 valence electrons. The number of nitrogens with zero attached hydrogens (tertiary/aromatic N) is 2. The highest BCUT2D eigenvalue weighted by Gasteiger charge is 2.28. The largest absolute Gasteiger partial charge is 0.508 e. The third kappa shape index (κ3) is 6.28. The van der Waals surface area contributed by atoms with E-state index >= 15 is 0 Å². The average molecular weight is 447 g/mol. The van der Waals surface area contributed by atoms with Gasteiger partial charge in [-0.25, -0.2) is 0 Å². The second-order valence-corrected chi connectivity index (χ2v) is 7.91. The number of carbonyl (C=O) groups is 2. The number of benzene rings is 2. The fraction of sp³-hybridized carbons (Fsp3) is 0.391. The minimum absolute atomic E-state index is 0.113. The van der Waals surface area contributed by atoms with Crippen molar-refractivity contribution in [2.24, 2.45) is 0 Å². The van der Waals surface area contributed by atoms with E-state index in [0.717, 1.165) is 0 Å². The molecule has 1 saturated heterocycles. The molecule has 1 N–H and O–H groups in total. The maximum Gasteiger partial charge on any atom is 0.263 e. The van der Waals surface area contributed by atoms with Crippen LogP contribution in [-0.2, 0) is 9.59 Å². The summed E-state index contributed by atoms with van der Waals surface area (Å²) in [6, 6.07) is 13.1. The van der Waals surface area contributed by atoms with Crippen molar-refractivity contribution >= 4 is 23.4 Å². The summed E-state index contributed by atoms with van der Waals surface area (Å²) in [7, 11) is 0. The third-order valence-electron chi connectivity index (χ3n) is 5.09. The number of hydrogen-bond acceptors (Lipinski definition) is 5. The van der Waals surface area contributed by atoms with E-state index in [9.17, 15) is 14.7 Å². The first-order chi connectivity index (χ1) is 14.8. The van der Waals surface area contributed by atoms with Gasteiger partial charge in [-0.1, -0.05) is 11.6 Å². The van der Waals surface area contributed by atoms with Gasteiger partial charge < -0.3 is 24.4 Å². The van der Waals surface area contributed by atoms with E-state index in [1.54, 1.807) is 60.0 Å². The molecule has 0 radical (unpaired) electrons. The molecule has 8 heteroatoms. The van der Waals surface area contributed by atoms with Gasteiger partial charge in [0.2, 0.25) is 0 Å². The lowest BCUT2D eigenvalue weighted by atomic mass is 10.3. The maximum absolute atomic E-state index is 12.8. The van der Waals surface area contributed by atoms with E-state index in [1.165, 1.54) is 12.1 Å². The summed E-state index contributed by atoms with van der Waals surface area (Å²) < 4.78 is 11.4. The van der Waals surface area contributed by atoms with Crippen LogP contribution in [0.2, 0.25) is 5.02 Å². The Morgan fingerprint density at radius 1 is 0.806 bits per heavy atom. The van der Waals surface area contributed by atoms with Crippen molar-refractivity contribution in [3.05, 3.63) is 53.6 Å². The smallest absolute Gasteiger partial charge is 0.263 e. The van der Waals surface area contributed by atoms with Gasteiger partial charge in [-0.05, 0) is 68.8 Å². The molecule has 1 fully saturated rings. The zero-order valence-electron chi connectivity index (χ0n) is 17.7. The Balaban J connectivity index is 1.52. The summed E-state index contributed by atoms with van der Waals surface area (Å²) in [5.74, 6) is 0.985. The Hall–Kier alpha value is -2.93. The highest BCUT2D eigenvalue weighted by atomic mass is 35.5. The van der Waals surface area contributed by atoms with Gasteiger partial charge in [0.15, 0.2) is 12.2 Å². The van der Waals surface area contributed by atoms with Crippen LogP contribution in [0.1, 0.15) is 20.3 Å². The van der Waals surface area contributed by atoms with Crippen LogP contribution < -0.4 is 9.47 Å². The van der Waals surface area contributed by atoms with Crippen LogP contribution in [0.15, 0.2) is 48.5 Å². The first kappa shape index (κ1) is 22.7. The SMILES string of the molecule is CC(Oc1ccc(O)cc1)C(=O)N1CCCN(C(=O)C(C)Oc2ccc(Cl)cc2)CC1. The summed E-state index contributed by atoms with van der Waals surface area (Å²) in [5.41, 5.74) is 0. The second kappa shape index (κ2) is 10.4. The van der Waals surface area contributed by atoms with E-state index in [1.807, 2.05) is 0 Å². The molecule has 2 amide bonds. The zero-order valence-corrected chi connectivity index (χ0v) is 18.4. The normalized spacial score (nSPS) is 16.2. The van der Waals surface area contributed by atoms with Crippen LogP contribution in [-0.4, -0.2) is 65.1 Å². The number of halogens is 1. The van der Waals surface area contributed by atoms with Crippen LogP contribution in [0.4, 0.5) is 0 Å². The van der Waals surface area contributed by atoms with E-state index < -0.39 is 12.2 Å². The van der Waals surface area contributed by atoms with Crippen molar-refractivity contribution in [3.8, 4) is 17.2 Å². The minimum atomic E-state index is -0.668. The van der Waals surface area contributed by atoms with Crippen molar-refractivity contribution in [2.75, 3.05) is 26.2 Å². The zero-order chi connectivity index (χ0) is 22.4. The fourth-order valence-electron chi connectivity index (χ4n) is 3.42. The Morgan fingerprint density at radius 2 is 1.23 bits per heavy atom. The van der Waals surface area contributed by atoms with Crippen molar-refractivity contribution in [3.63, 3.8) is 0 Å². The Kier molecular flexibility index (Phi) is 7.63. The van der Waals surface area contributed by atoms with Crippen LogP contribution in [0.3, 0.4) is 0 Å². The molecule has 0 saturated carbocycles. The number of rotatable bonds is 6. The van der Waals surface area contributed by atoms with Gasteiger partial charge >= 0.3 is 0 Å². The lowest BCUT2D eigenvalue weighted by molar-refractivity contribution is -0.140. The quantitative estimate of drug-likeness (QED) is 0.736. The predicted molar refractivity (Wildman–Crippen MR) is 118 cm³/mol. The number of phenolic OH excluding ortho intramolecular Hbond substituents is 1. The highest BCUT2D eigenvalue weighted by Crippen LogP contribution is 2.19. The standard InChI is InChI=1S/C23H27ClN2O5/c1-16(30-20-8-4-18(24)5-9-20)22(28)25-12-3-13-26(15-14-25)23(29)17(2)31-21-10-6-19(27)7-11-21/h4-11,16-17,27H,3,12-15H2,1-2H3. The highest BCUT2D eigenvalue weighted by molar-refractivity contribution is 6.30. The molecule has 1 heterocycles. The Labute approximate surface area is 187 Å². The number of ether oxygens (including phenoxy) is 2. The number of aromatic hydroxyl groups is 1. The molecule has 2 unspecified atom stereocenters. The number of carbonyl (C=O) groups excluding carboxylic acids is 2. The van der Waals surface area contributed by atoms with Gasteiger partial charge in [-0.15, -0.1) is 0 Å². The van der Waals surface area contributed by atoms with Crippen LogP contribution in [0, 0.1) is 0 Å². The molecule has 0 aliphatic carbocycles. The van der Waals surface area contributed by atoms with E-state index in [2.05, 4.69) is 0 Å². The van der Waals surface area contributed by atoms with Crippen LogP contribution in [0.5, 0.6) is 17.2 Å². The van der Waals surface area contributed by atoms with Gasteiger partial charge in [0, 0.05) is 31.2 Å². The summed E-state index contributed by atoms with van der Waals surface area (Å²) in [5, 5.41) is 9.96. The molecule has 2 aromatic carbocycles. The van der Waals surface area contributed by atoms with Crippen molar-refractivity contribution in [2.45, 2.75) is 32.5 Å². The molecular formula is C23H27ClN2O5. The van der Waals surface area contributed by atoms with E-state index in [0.29, 0.717) is 49.1 Å². The number of hydrogen-bond donors (Lipinski definition) is 1. The predicted octanol–water partition coefficient (Wildman–Crippen LogP) is 3.34. The van der Waals surface area contributed by atoms with Gasteiger partial charge in [-0.3, -0.25) is 9.59 Å². The lowest BCUT2D eigenvalue weighted by Gasteiger charge is -2.26. The molecule has 2 atom stereocenters. The Bertz CT molecular complexity index is 814. The van der Waals surface area contributed by atoms with Crippen molar-refractivity contribution in [1.82, 2.24) is 9.80 Å². The van der Waals surface area contributed by atoms with E-state index in [-0.39, 0.29) is 17.6 Å². The summed E-state index contributed by atoms with van der Waals surface area (Å²) in [6.45, 7) is 5.40. The maximum atomic E-state index is 12.8. The summed E-state index contributed by atoms with van der Waals surface area (Å²) >= 11 is 5.88. The molecule has 2 aromatic rings. The first-order valence-corrected chi connectivity index (χ1v) is 10.7. The summed E-state index contributed by atoms with van der Waals surface area (Å²) in [4.78, 5) is 29.1. The van der Waals surface area contributed by atoms with Gasteiger partial charge in [0.1, 0.15) is 17.2 Å². The molecule has 3 rings (SSSR count). The number of phenols is 1. The van der Waals surface area contributed by atoms with Crippen molar-refractivity contribution in [1.29, 1.82) is 0 Å². The molecule has 31 heavy (non-hydrogen) atoms. The van der Waals surface area contributed by atoms with Crippen LogP contribution in [0.25, 0.3) is 0 Å². The average Bonchev–Trinajstić information content (AvgIpc) is 3.02. The molecule has 7 nitrogen and oxygen atoms in total. The molecule has 0 spiro atoms. The topological polar surface area (TPSA) is 79.3 Å². The molecule has 0 aromatic heterocycles. The lowest BCUT2D eigenvalue weighted by Crippen LogP contribution is -2.45. The Morgan fingerprint density at radius 3 is 1.68 bits per heavy atom. The summed E-state index contributed by atoms with van der Waals surface area (Å²) in [6.07, 6.45) is -0.629. The fourth-order valence-corrected chi connectivity index (χ4v) is 3.55. The van der Waals surface area contributed by atoms with E-state index in [4.69, 9.17) is 21.1 Å². The number of amides is 2. The van der Waals surface area contributed by atoms with Gasteiger partial charge in [0.25, 0.3) is 11.8 Å². The molecular weight excluding hydrogens is 420 g/mol. The first-order valence-electron chi connectivity index (χ1n) is 10.3. The van der Waals surface area contributed by atoms with Gasteiger partial charge in [-0.2, -0.15) is 0 Å².